The van der Waals surface area contributed by atoms with E-state index in [2.05, 4.69) is 26.6 Å². The first-order valence-corrected chi connectivity index (χ1v) is 6.95. The molecule has 0 aliphatic heterocycles. The molecule has 0 radical (unpaired) electrons. The number of aryl methyl sites for hydroxylation is 1. The van der Waals surface area contributed by atoms with Gasteiger partial charge < -0.3 is 16.4 Å². The molecule has 104 valence electrons. The third-order valence-corrected chi connectivity index (χ3v) is 3.59. The molecule has 0 unspecified atom stereocenters. The van der Waals surface area contributed by atoms with Gasteiger partial charge in [-0.25, -0.2) is 0 Å². The van der Waals surface area contributed by atoms with Crippen LogP contribution in [-0.4, -0.2) is 13.0 Å². The highest BCUT2D eigenvalue weighted by atomic mass is 79.9. The summed E-state index contributed by atoms with van der Waals surface area (Å²) in [5, 5.41) is 5.83. The summed E-state index contributed by atoms with van der Waals surface area (Å²) < 4.78 is 0.947. The molecule has 0 aliphatic rings. The zero-order chi connectivity index (χ0) is 14.7. The molecule has 0 saturated heterocycles. The van der Waals surface area contributed by atoms with Crippen molar-refractivity contribution in [2.75, 3.05) is 18.1 Å². The summed E-state index contributed by atoms with van der Waals surface area (Å²) in [6.45, 7) is 2.02. The number of anilines is 3. The number of nitrogens with one attached hydrogen (secondary N) is 2. The van der Waals surface area contributed by atoms with Gasteiger partial charge in [-0.1, -0.05) is 6.07 Å². The van der Waals surface area contributed by atoms with Gasteiger partial charge in [0.15, 0.2) is 0 Å². The summed E-state index contributed by atoms with van der Waals surface area (Å²) in [6, 6.07) is 11.1. The Hall–Kier alpha value is -2.01. The first-order valence-electron chi connectivity index (χ1n) is 6.16. The Morgan fingerprint density at radius 1 is 1.15 bits per heavy atom. The van der Waals surface area contributed by atoms with Crippen LogP contribution in [0, 0.1) is 6.92 Å². The highest BCUT2D eigenvalue weighted by Crippen LogP contribution is 2.30. The first-order chi connectivity index (χ1) is 9.51. The van der Waals surface area contributed by atoms with Gasteiger partial charge in [-0.3, -0.25) is 4.79 Å². The number of carbonyl (C=O) groups excluding carboxylic acids is 1. The van der Waals surface area contributed by atoms with Crippen molar-refractivity contribution in [3.63, 3.8) is 0 Å². The Kier molecular flexibility index (Phi) is 4.29. The molecule has 4 N–H and O–H groups in total. The first kappa shape index (κ1) is 14.4. The highest BCUT2D eigenvalue weighted by Gasteiger charge is 2.08. The van der Waals surface area contributed by atoms with Crippen LogP contribution in [-0.2, 0) is 0 Å². The highest BCUT2D eigenvalue weighted by molar-refractivity contribution is 9.10. The van der Waals surface area contributed by atoms with Gasteiger partial charge in [0.05, 0.1) is 17.1 Å². The van der Waals surface area contributed by atoms with E-state index < -0.39 is 0 Å². The molecular weight excluding hydrogens is 318 g/mol. The maximum absolute atomic E-state index is 11.7. The molecule has 1 amide bonds. The number of carbonyl (C=O) groups is 1. The van der Waals surface area contributed by atoms with Crippen LogP contribution in [0.5, 0.6) is 0 Å². The van der Waals surface area contributed by atoms with Crippen molar-refractivity contribution in [3.8, 4) is 0 Å². The summed E-state index contributed by atoms with van der Waals surface area (Å²) in [6.07, 6.45) is 0. The van der Waals surface area contributed by atoms with E-state index >= 15 is 0 Å². The molecule has 0 heterocycles. The van der Waals surface area contributed by atoms with E-state index in [1.807, 2.05) is 25.1 Å². The van der Waals surface area contributed by atoms with Crippen LogP contribution in [0.3, 0.4) is 0 Å². The number of nitrogen functional groups attached to an aromatic ring is 1. The summed E-state index contributed by atoms with van der Waals surface area (Å²) in [4.78, 5) is 11.7. The topological polar surface area (TPSA) is 67.2 Å². The number of hydrogen-bond donors (Lipinski definition) is 3. The van der Waals surface area contributed by atoms with Gasteiger partial charge in [-0.05, 0) is 58.7 Å². The van der Waals surface area contributed by atoms with Crippen molar-refractivity contribution >= 4 is 38.9 Å². The van der Waals surface area contributed by atoms with Crippen molar-refractivity contribution in [2.24, 2.45) is 0 Å². The molecule has 4 nitrogen and oxygen atoms in total. The lowest BCUT2D eigenvalue weighted by atomic mass is 10.1. The van der Waals surface area contributed by atoms with Gasteiger partial charge in [0.2, 0.25) is 0 Å². The van der Waals surface area contributed by atoms with Crippen LogP contribution >= 0.6 is 15.9 Å². The van der Waals surface area contributed by atoms with E-state index in [-0.39, 0.29) is 5.91 Å². The minimum atomic E-state index is -0.143. The number of amides is 1. The molecule has 0 atom stereocenters. The molecular formula is C15H16BrN3O. The Morgan fingerprint density at radius 2 is 1.90 bits per heavy atom. The second-order valence-corrected chi connectivity index (χ2v) is 5.34. The Labute approximate surface area is 126 Å². The predicted octanol–water partition coefficient (Wildman–Crippen LogP) is 3.44. The summed E-state index contributed by atoms with van der Waals surface area (Å²) in [5.74, 6) is -0.143. The van der Waals surface area contributed by atoms with Gasteiger partial charge in [-0.15, -0.1) is 0 Å². The number of benzene rings is 2. The fraction of sp³-hybridized carbons (Fsp3) is 0.133. The minimum Gasteiger partial charge on any atom is -0.397 e. The van der Waals surface area contributed by atoms with Gasteiger partial charge in [0.25, 0.3) is 5.91 Å². The Bertz CT molecular complexity index is 656. The van der Waals surface area contributed by atoms with E-state index in [4.69, 9.17) is 5.73 Å². The third-order valence-electron chi connectivity index (χ3n) is 2.94. The molecule has 0 aliphatic carbocycles. The van der Waals surface area contributed by atoms with Gasteiger partial charge in [0, 0.05) is 17.1 Å². The average molecular weight is 334 g/mol. The van der Waals surface area contributed by atoms with Crippen LogP contribution < -0.4 is 16.4 Å². The largest absolute Gasteiger partial charge is 0.397 e. The molecule has 5 heteroatoms. The lowest BCUT2D eigenvalue weighted by molar-refractivity contribution is 0.0963. The zero-order valence-corrected chi connectivity index (χ0v) is 12.9. The van der Waals surface area contributed by atoms with Crippen LogP contribution in [0.25, 0.3) is 0 Å². The molecule has 0 saturated carbocycles. The molecule has 0 spiro atoms. The van der Waals surface area contributed by atoms with E-state index in [1.165, 1.54) is 0 Å². The average Bonchev–Trinajstić information content (AvgIpc) is 2.43. The minimum absolute atomic E-state index is 0.143. The number of rotatable bonds is 3. The standard InChI is InChI=1S/C15H16BrN3O/c1-9-3-6-13(11(16)7-9)19-14-8-10(15(20)18-2)4-5-12(14)17/h3-8,19H,17H2,1-2H3,(H,18,20). The van der Waals surface area contributed by atoms with Crippen LogP contribution in [0.15, 0.2) is 40.9 Å². The second kappa shape index (κ2) is 5.96. The molecule has 0 aromatic heterocycles. The van der Waals surface area contributed by atoms with Gasteiger partial charge in [0.1, 0.15) is 0 Å². The van der Waals surface area contributed by atoms with Crippen molar-refractivity contribution < 1.29 is 4.79 Å². The summed E-state index contributed by atoms with van der Waals surface area (Å²) in [5.41, 5.74) is 9.87. The molecule has 20 heavy (non-hydrogen) atoms. The monoisotopic (exact) mass is 333 g/mol. The third kappa shape index (κ3) is 3.11. The van der Waals surface area contributed by atoms with Crippen LogP contribution in [0.4, 0.5) is 17.1 Å². The summed E-state index contributed by atoms with van der Waals surface area (Å²) >= 11 is 3.51. The molecule has 2 rings (SSSR count). The summed E-state index contributed by atoms with van der Waals surface area (Å²) in [7, 11) is 1.60. The lowest BCUT2D eigenvalue weighted by Gasteiger charge is -2.13. The number of halogens is 1. The smallest absolute Gasteiger partial charge is 0.251 e. The van der Waals surface area contributed by atoms with Crippen LogP contribution in [0.1, 0.15) is 15.9 Å². The fourth-order valence-electron chi connectivity index (χ4n) is 1.82. The molecule has 2 aromatic rings. The zero-order valence-electron chi connectivity index (χ0n) is 11.3. The van der Waals surface area contributed by atoms with Gasteiger partial charge >= 0.3 is 0 Å². The van der Waals surface area contributed by atoms with Crippen molar-refractivity contribution in [3.05, 3.63) is 52.0 Å². The van der Waals surface area contributed by atoms with E-state index in [0.717, 1.165) is 15.7 Å². The Morgan fingerprint density at radius 3 is 2.55 bits per heavy atom. The maximum Gasteiger partial charge on any atom is 0.251 e. The van der Waals surface area contributed by atoms with E-state index in [0.29, 0.717) is 16.9 Å². The maximum atomic E-state index is 11.7. The van der Waals surface area contributed by atoms with Gasteiger partial charge in [-0.2, -0.15) is 0 Å². The van der Waals surface area contributed by atoms with Crippen LogP contribution in [0.2, 0.25) is 0 Å². The van der Waals surface area contributed by atoms with Crippen molar-refractivity contribution in [1.29, 1.82) is 0 Å². The number of nitrogens with two attached hydrogens (primary N) is 1. The fourth-order valence-corrected chi connectivity index (χ4v) is 2.41. The van der Waals surface area contributed by atoms with E-state index in [9.17, 15) is 4.79 Å². The predicted molar refractivity (Wildman–Crippen MR) is 86.4 cm³/mol. The van der Waals surface area contributed by atoms with E-state index in [1.54, 1.807) is 25.2 Å². The van der Waals surface area contributed by atoms with Crippen molar-refractivity contribution in [2.45, 2.75) is 6.92 Å². The molecule has 0 fully saturated rings. The van der Waals surface area contributed by atoms with Crippen molar-refractivity contribution in [1.82, 2.24) is 5.32 Å². The lowest BCUT2D eigenvalue weighted by Crippen LogP contribution is -2.18. The Balaban J connectivity index is 2.35. The molecule has 0 bridgehead atoms. The molecule has 2 aromatic carbocycles. The quantitative estimate of drug-likeness (QED) is 0.753. The normalized spacial score (nSPS) is 10.2. The second-order valence-electron chi connectivity index (χ2n) is 4.49. The number of hydrogen-bond acceptors (Lipinski definition) is 3. The SMILES string of the molecule is CNC(=O)c1ccc(N)c(Nc2ccc(C)cc2Br)c1.